The lowest BCUT2D eigenvalue weighted by atomic mass is 9.88. The molecule has 0 aliphatic carbocycles. The molecule has 0 spiro atoms. The van der Waals surface area contributed by atoms with Gasteiger partial charge in [0.15, 0.2) is 0 Å². The van der Waals surface area contributed by atoms with Gasteiger partial charge in [-0.2, -0.15) is 0 Å². The van der Waals surface area contributed by atoms with E-state index < -0.39 is 0 Å². The average molecular weight is 400 g/mol. The lowest BCUT2D eigenvalue weighted by Gasteiger charge is -2.20. The van der Waals surface area contributed by atoms with Crippen molar-refractivity contribution in [3.05, 3.63) is 96.3 Å². The molecule has 0 aliphatic rings. The molecule has 1 aromatic heterocycles. The van der Waals surface area contributed by atoms with E-state index in [2.05, 4.69) is 0 Å². The normalized spacial score (nSPS) is 12.1. The van der Waals surface area contributed by atoms with Crippen LogP contribution in [0.2, 0.25) is 0 Å². The standard InChI is InChI=1S/C26H24O4/c1-18(2)25(21-12-11-20-13-14-28-24(20)16-21)26(27)29-17-19-7-6-10-23(15-19)30-22-8-4-3-5-9-22/h3-16,18,25H,17H2,1-2H3. The van der Waals surface area contributed by atoms with Gasteiger partial charge in [0.25, 0.3) is 0 Å². The highest BCUT2D eigenvalue weighted by atomic mass is 16.5. The smallest absolute Gasteiger partial charge is 0.314 e. The van der Waals surface area contributed by atoms with E-state index in [0.29, 0.717) is 5.75 Å². The van der Waals surface area contributed by atoms with Gasteiger partial charge in [-0.25, -0.2) is 0 Å². The number of hydrogen-bond acceptors (Lipinski definition) is 4. The predicted octanol–water partition coefficient (Wildman–Crippen LogP) is 6.71. The molecule has 4 nitrogen and oxygen atoms in total. The third kappa shape index (κ3) is 4.54. The fourth-order valence-electron chi connectivity index (χ4n) is 3.53. The molecule has 0 amide bonds. The van der Waals surface area contributed by atoms with Crippen molar-refractivity contribution in [2.45, 2.75) is 26.4 Å². The van der Waals surface area contributed by atoms with Crippen molar-refractivity contribution in [3.8, 4) is 11.5 Å². The molecule has 30 heavy (non-hydrogen) atoms. The minimum atomic E-state index is -0.358. The van der Waals surface area contributed by atoms with E-state index in [9.17, 15) is 4.79 Å². The minimum absolute atomic E-state index is 0.0951. The Morgan fingerprint density at radius 3 is 2.50 bits per heavy atom. The van der Waals surface area contributed by atoms with Gasteiger partial charge in [0.2, 0.25) is 0 Å². The summed E-state index contributed by atoms with van der Waals surface area (Å²) in [5.74, 6) is 0.962. The van der Waals surface area contributed by atoms with E-state index in [1.54, 1.807) is 6.26 Å². The Balaban J connectivity index is 1.45. The fourth-order valence-corrected chi connectivity index (χ4v) is 3.53. The van der Waals surface area contributed by atoms with E-state index in [4.69, 9.17) is 13.9 Å². The molecular weight excluding hydrogens is 376 g/mol. The summed E-state index contributed by atoms with van der Waals surface area (Å²) in [7, 11) is 0. The molecule has 0 saturated carbocycles. The van der Waals surface area contributed by atoms with Gasteiger partial charge in [0.1, 0.15) is 23.7 Å². The highest BCUT2D eigenvalue weighted by Crippen LogP contribution is 2.30. The van der Waals surface area contributed by atoms with Gasteiger partial charge in [0.05, 0.1) is 12.2 Å². The lowest BCUT2D eigenvalue weighted by Crippen LogP contribution is -2.20. The van der Waals surface area contributed by atoms with Crippen molar-refractivity contribution in [1.29, 1.82) is 0 Å². The summed E-state index contributed by atoms with van der Waals surface area (Å²) in [4.78, 5) is 12.9. The number of furan rings is 1. The molecular formula is C26H24O4. The van der Waals surface area contributed by atoms with E-state index in [0.717, 1.165) is 27.8 Å². The first-order chi connectivity index (χ1) is 14.6. The molecule has 4 rings (SSSR count). The maximum Gasteiger partial charge on any atom is 0.314 e. The topological polar surface area (TPSA) is 48.7 Å². The van der Waals surface area contributed by atoms with Crippen LogP contribution in [-0.2, 0) is 16.1 Å². The van der Waals surface area contributed by atoms with E-state index in [1.807, 2.05) is 92.7 Å². The predicted molar refractivity (Wildman–Crippen MR) is 117 cm³/mol. The summed E-state index contributed by atoms with van der Waals surface area (Å²) in [6.45, 7) is 4.23. The van der Waals surface area contributed by atoms with Crippen LogP contribution >= 0.6 is 0 Å². The van der Waals surface area contributed by atoms with Crippen LogP contribution < -0.4 is 4.74 Å². The van der Waals surface area contributed by atoms with Crippen molar-refractivity contribution in [2.75, 3.05) is 0 Å². The fraction of sp³-hybridized carbons (Fsp3) is 0.192. The molecule has 0 fully saturated rings. The second kappa shape index (κ2) is 8.87. The van der Waals surface area contributed by atoms with Gasteiger partial charge in [0, 0.05) is 5.39 Å². The monoisotopic (exact) mass is 400 g/mol. The molecule has 0 saturated heterocycles. The highest BCUT2D eigenvalue weighted by molar-refractivity contribution is 5.83. The molecule has 1 atom stereocenters. The summed E-state index contributed by atoms with van der Waals surface area (Å²) in [6, 6.07) is 25.0. The number of esters is 1. The molecule has 0 aliphatic heterocycles. The van der Waals surface area contributed by atoms with Crippen molar-refractivity contribution in [2.24, 2.45) is 5.92 Å². The Labute approximate surface area is 176 Å². The lowest BCUT2D eigenvalue weighted by molar-refractivity contribution is -0.148. The van der Waals surface area contributed by atoms with Crippen LogP contribution in [0, 0.1) is 5.92 Å². The van der Waals surface area contributed by atoms with Gasteiger partial charge >= 0.3 is 5.97 Å². The largest absolute Gasteiger partial charge is 0.464 e. The second-order valence-corrected chi connectivity index (χ2v) is 7.61. The number of para-hydroxylation sites is 1. The zero-order valence-corrected chi connectivity index (χ0v) is 17.1. The summed E-state index contributed by atoms with van der Waals surface area (Å²) in [5, 5.41) is 1.02. The molecule has 1 heterocycles. The number of carbonyl (C=O) groups is 1. The van der Waals surface area contributed by atoms with Crippen LogP contribution in [0.4, 0.5) is 0 Å². The molecule has 4 heteroatoms. The van der Waals surface area contributed by atoms with Crippen molar-refractivity contribution in [1.82, 2.24) is 0 Å². The van der Waals surface area contributed by atoms with Gasteiger partial charge in [-0.15, -0.1) is 0 Å². The summed E-state index contributed by atoms with van der Waals surface area (Å²) in [6.07, 6.45) is 1.65. The van der Waals surface area contributed by atoms with Crippen LogP contribution in [0.15, 0.2) is 89.5 Å². The van der Waals surface area contributed by atoms with Crippen molar-refractivity contribution < 1.29 is 18.7 Å². The number of ether oxygens (including phenoxy) is 2. The molecule has 3 aromatic carbocycles. The van der Waals surface area contributed by atoms with Gasteiger partial charge in [-0.1, -0.05) is 56.3 Å². The zero-order valence-electron chi connectivity index (χ0n) is 17.1. The Bertz CT molecular complexity index is 1130. The first kappa shape index (κ1) is 19.8. The quantitative estimate of drug-likeness (QED) is 0.324. The van der Waals surface area contributed by atoms with Gasteiger partial charge < -0.3 is 13.9 Å². The Kier molecular flexibility index (Phi) is 5.84. The van der Waals surface area contributed by atoms with Crippen molar-refractivity contribution in [3.63, 3.8) is 0 Å². The Hall–Kier alpha value is -3.53. The summed E-state index contributed by atoms with van der Waals surface area (Å²) < 4.78 is 17.0. The van der Waals surface area contributed by atoms with Crippen LogP contribution in [0.1, 0.15) is 30.9 Å². The molecule has 0 radical (unpaired) electrons. The van der Waals surface area contributed by atoms with E-state index >= 15 is 0 Å². The Morgan fingerprint density at radius 1 is 0.900 bits per heavy atom. The molecule has 0 bridgehead atoms. The zero-order chi connectivity index (χ0) is 20.9. The summed E-state index contributed by atoms with van der Waals surface area (Å²) in [5.41, 5.74) is 2.55. The number of benzene rings is 3. The molecule has 1 unspecified atom stereocenters. The second-order valence-electron chi connectivity index (χ2n) is 7.61. The van der Waals surface area contributed by atoms with Gasteiger partial charge in [-0.05, 0) is 53.4 Å². The maximum absolute atomic E-state index is 12.9. The average Bonchev–Trinajstić information content (AvgIpc) is 3.21. The van der Waals surface area contributed by atoms with Crippen molar-refractivity contribution >= 4 is 16.9 Å². The number of rotatable bonds is 7. The van der Waals surface area contributed by atoms with Gasteiger partial charge in [-0.3, -0.25) is 4.79 Å². The van der Waals surface area contributed by atoms with Crippen LogP contribution in [0.5, 0.6) is 11.5 Å². The third-order valence-corrected chi connectivity index (χ3v) is 5.02. The first-order valence-corrected chi connectivity index (χ1v) is 10.1. The SMILES string of the molecule is CC(C)C(C(=O)OCc1cccc(Oc2ccccc2)c1)c1ccc2ccoc2c1. The van der Waals surface area contributed by atoms with Crippen LogP contribution in [-0.4, -0.2) is 5.97 Å². The number of hydrogen-bond donors (Lipinski definition) is 0. The third-order valence-electron chi connectivity index (χ3n) is 5.02. The molecule has 0 N–H and O–H groups in total. The highest BCUT2D eigenvalue weighted by Gasteiger charge is 2.26. The Morgan fingerprint density at radius 2 is 1.70 bits per heavy atom. The maximum atomic E-state index is 12.9. The summed E-state index contributed by atoms with van der Waals surface area (Å²) >= 11 is 0. The van der Waals surface area contributed by atoms with E-state index in [-0.39, 0.29) is 24.4 Å². The first-order valence-electron chi connectivity index (χ1n) is 10.1. The van der Waals surface area contributed by atoms with Crippen LogP contribution in [0.25, 0.3) is 11.0 Å². The minimum Gasteiger partial charge on any atom is -0.464 e. The molecule has 152 valence electrons. The van der Waals surface area contributed by atoms with E-state index in [1.165, 1.54) is 0 Å². The number of fused-ring (bicyclic) bond motifs is 1. The molecule has 4 aromatic rings. The number of carbonyl (C=O) groups excluding carboxylic acids is 1. The van der Waals surface area contributed by atoms with Crippen LogP contribution in [0.3, 0.4) is 0 Å².